The summed E-state index contributed by atoms with van der Waals surface area (Å²) >= 11 is 0. The summed E-state index contributed by atoms with van der Waals surface area (Å²) in [6.45, 7) is 3.79. The van der Waals surface area contributed by atoms with Gasteiger partial charge in [0.1, 0.15) is 12.4 Å². The first-order chi connectivity index (χ1) is 11.7. The molecule has 0 radical (unpaired) electrons. The van der Waals surface area contributed by atoms with Gasteiger partial charge in [-0.2, -0.15) is 0 Å². The molecule has 1 amide bonds. The van der Waals surface area contributed by atoms with Crippen molar-refractivity contribution in [3.05, 3.63) is 53.6 Å². The lowest BCUT2D eigenvalue weighted by Gasteiger charge is -2.39. The molecule has 0 bridgehead atoms. The van der Waals surface area contributed by atoms with Gasteiger partial charge < -0.3 is 14.6 Å². The summed E-state index contributed by atoms with van der Waals surface area (Å²) < 4.78 is 7.47. The molecule has 2 heterocycles. The Bertz CT molecular complexity index is 747. The largest absolute Gasteiger partial charge is 0.381 e. The Hall–Kier alpha value is -2.14. The Balaban J connectivity index is 1.58. The highest BCUT2D eigenvalue weighted by atomic mass is 16.5. The molecule has 1 spiro atoms. The maximum atomic E-state index is 12.7. The number of hydrogen-bond donors (Lipinski definition) is 1. The second kappa shape index (κ2) is 6.06. The number of carbonyl (C=O) groups is 1. The van der Waals surface area contributed by atoms with Gasteiger partial charge in [0.15, 0.2) is 0 Å². The maximum Gasteiger partial charge on any atom is 0.240 e. The predicted octanol–water partition coefficient (Wildman–Crippen LogP) is 2.40. The first-order valence-corrected chi connectivity index (χ1v) is 8.61. The molecule has 0 saturated carbocycles. The third-order valence-electron chi connectivity index (χ3n) is 5.55. The summed E-state index contributed by atoms with van der Waals surface area (Å²) in [6.07, 6.45) is 6.60. The molecule has 24 heavy (non-hydrogen) atoms. The highest BCUT2D eigenvalue weighted by Gasteiger charge is 2.47. The Morgan fingerprint density at radius 3 is 2.92 bits per heavy atom. The lowest BCUT2D eigenvalue weighted by Crippen LogP contribution is -2.43. The van der Waals surface area contributed by atoms with Crippen molar-refractivity contribution in [2.75, 3.05) is 13.2 Å². The van der Waals surface area contributed by atoms with Crippen LogP contribution in [0.2, 0.25) is 0 Å². The molecule has 1 aromatic heterocycles. The molecule has 5 nitrogen and oxygen atoms in total. The minimum atomic E-state index is 0.0451. The van der Waals surface area contributed by atoms with Crippen molar-refractivity contribution in [2.45, 2.75) is 38.8 Å². The Morgan fingerprint density at radius 2 is 2.17 bits per heavy atom. The molecule has 1 saturated heterocycles. The van der Waals surface area contributed by atoms with E-state index in [1.807, 2.05) is 17.7 Å². The van der Waals surface area contributed by atoms with E-state index in [0.29, 0.717) is 6.54 Å². The average Bonchev–Trinajstić information content (AvgIpc) is 3.11. The van der Waals surface area contributed by atoms with Gasteiger partial charge in [-0.05, 0) is 37.3 Å². The molecule has 1 aromatic carbocycles. The minimum Gasteiger partial charge on any atom is -0.381 e. The van der Waals surface area contributed by atoms with Gasteiger partial charge in [0.05, 0.1) is 6.04 Å². The summed E-state index contributed by atoms with van der Waals surface area (Å²) in [5.41, 5.74) is 2.74. The van der Waals surface area contributed by atoms with Gasteiger partial charge in [-0.3, -0.25) is 4.79 Å². The van der Waals surface area contributed by atoms with Crippen LogP contribution in [0.3, 0.4) is 0 Å². The van der Waals surface area contributed by atoms with E-state index in [9.17, 15) is 4.79 Å². The number of hydrogen-bond acceptors (Lipinski definition) is 3. The number of aryl methyl sites for hydroxylation is 1. The van der Waals surface area contributed by atoms with Crippen LogP contribution in [0.1, 0.15) is 35.8 Å². The molecule has 1 aliphatic carbocycles. The highest BCUT2D eigenvalue weighted by Crippen LogP contribution is 2.51. The van der Waals surface area contributed by atoms with E-state index in [1.54, 1.807) is 6.20 Å². The van der Waals surface area contributed by atoms with Gasteiger partial charge in [-0.15, -0.1) is 0 Å². The molecular weight excluding hydrogens is 302 g/mol. The van der Waals surface area contributed by atoms with Crippen molar-refractivity contribution in [2.24, 2.45) is 5.41 Å². The second-order valence-electron chi connectivity index (χ2n) is 6.95. The molecule has 1 atom stereocenters. The number of amides is 1. The molecule has 1 fully saturated rings. The van der Waals surface area contributed by atoms with Gasteiger partial charge >= 0.3 is 0 Å². The van der Waals surface area contributed by atoms with E-state index < -0.39 is 0 Å². The van der Waals surface area contributed by atoms with E-state index in [0.717, 1.165) is 38.3 Å². The fourth-order valence-corrected chi connectivity index (χ4v) is 4.19. The van der Waals surface area contributed by atoms with E-state index in [1.165, 1.54) is 11.1 Å². The fraction of sp³-hybridized carbons (Fsp3) is 0.474. The van der Waals surface area contributed by atoms with Crippen LogP contribution in [0, 0.1) is 12.3 Å². The topological polar surface area (TPSA) is 56.2 Å². The molecule has 1 aliphatic heterocycles. The predicted molar refractivity (Wildman–Crippen MR) is 90.5 cm³/mol. The highest BCUT2D eigenvalue weighted by molar-refractivity contribution is 5.76. The molecule has 4 rings (SSSR count). The first kappa shape index (κ1) is 15.4. The number of rotatable bonds is 3. The first-order valence-electron chi connectivity index (χ1n) is 8.61. The van der Waals surface area contributed by atoms with Crippen molar-refractivity contribution in [1.29, 1.82) is 0 Å². The van der Waals surface area contributed by atoms with Crippen LogP contribution in [0.25, 0.3) is 0 Å². The quantitative estimate of drug-likeness (QED) is 0.943. The number of benzene rings is 1. The summed E-state index contributed by atoms with van der Waals surface area (Å²) in [5.74, 6) is 0.904. The number of nitrogens with one attached hydrogen (secondary N) is 1. The standard InChI is InChI=1S/C19H23N3O2/c1-14-20-8-9-22(14)13-17(23)21-18-16-5-3-2-4-15(16)12-19(18)6-10-24-11-7-19/h2-5,8-9,18H,6-7,10-13H2,1H3,(H,21,23). The lowest BCUT2D eigenvalue weighted by atomic mass is 9.74. The van der Waals surface area contributed by atoms with Crippen molar-refractivity contribution in [3.63, 3.8) is 0 Å². The van der Waals surface area contributed by atoms with Crippen molar-refractivity contribution in [3.8, 4) is 0 Å². The van der Waals surface area contributed by atoms with E-state index in [4.69, 9.17) is 4.74 Å². The fourth-order valence-electron chi connectivity index (χ4n) is 4.19. The zero-order valence-corrected chi connectivity index (χ0v) is 14.0. The van der Waals surface area contributed by atoms with E-state index in [2.05, 4.69) is 34.6 Å². The number of aromatic nitrogens is 2. The van der Waals surface area contributed by atoms with Crippen LogP contribution in [0.5, 0.6) is 0 Å². The van der Waals surface area contributed by atoms with E-state index in [-0.39, 0.29) is 17.4 Å². The number of imidazole rings is 1. The van der Waals surface area contributed by atoms with Crippen LogP contribution < -0.4 is 5.32 Å². The van der Waals surface area contributed by atoms with Crippen LogP contribution >= 0.6 is 0 Å². The summed E-state index contributed by atoms with van der Waals surface area (Å²) in [5, 5.41) is 3.32. The van der Waals surface area contributed by atoms with Gasteiger partial charge in [-0.1, -0.05) is 24.3 Å². The smallest absolute Gasteiger partial charge is 0.240 e. The number of fused-ring (bicyclic) bond motifs is 1. The minimum absolute atomic E-state index is 0.0451. The molecular formula is C19H23N3O2. The van der Waals surface area contributed by atoms with Crippen molar-refractivity contribution in [1.82, 2.24) is 14.9 Å². The zero-order chi connectivity index (χ0) is 16.6. The maximum absolute atomic E-state index is 12.7. The summed E-state index contributed by atoms with van der Waals surface area (Å²) in [7, 11) is 0. The molecule has 2 aliphatic rings. The third kappa shape index (κ3) is 2.63. The lowest BCUT2D eigenvalue weighted by molar-refractivity contribution is -0.124. The molecule has 126 valence electrons. The van der Waals surface area contributed by atoms with Crippen LogP contribution in [-0.4, -0.2) is 28.7 Å². The van der Waals surface area contributed by atoms with Gasteiger partial charge in [-0.25, -0.2) is 4.98 Å². The number of carbonyl (C=O) groups excluding carboxylic acids is 1. The zero-order valence-electron chi connectivity index (χ0n) is 14.0. The normalized spacial score (nSPS) is 21.6. The van der Waals surface area contributed by atoms with Crippen LogP contribution in [0.15, 0.2) is 36.7 Å². The van der Waals surface area contributed by atoms with Crippen LogP contribution in [-0.2, 0) is 22.5 Å². The van der Waals surface area contributed by atoms with Crippen molar-refractivity contribution < 1.29 is 9.53 Å². The molecule has 2 aromatic rings. The van der Waals surface area contributed by atoms with Crippen molar-refractivity contribution >= 4 is 5.91 Å². The Morgan fingerprint density at radius 1 is 1.38 bits per heavy atom. The summed E-state index contributed by atoms with van der Waals surface area (Å²) in [6, 6.07) is 8.58. The Kier molecular flexibility index (Phi) is 3.88. The molecule has 1 unspecified atom stereocenters. The average molecular weight is 325 g/mol. The van der Waals surface area contributed by atoms with Gasteiger partial charge in [0.2, 0.25) is 5.91 Å². The summed E-state index contributed by atoms with van der Waals surface area (Å²) in [4.78, 5) is 16.9. The molecule has 5 heteroatoms. The van der Waals surface area contributed by atoms with E-state index >= 15 is 0 Å². The van der Waals surface area contributed by atoms with Crippen LogP contribution in [0.4, 0.5) is 0 Å². The van der Waals surface area contributed by atoms with Gasteiger partial charge in [0, 0.05) is 31.0 Å². The number of nitrogens with zero attached hydrogens (tertiary/aromatic N) is 2. The molecule has 1 N–H and O–H groups in total. The SMILES string of the molecule is Cc1nccn1CC(=O)NC1c2ccccc2CC12CCOCC2. The van der Waals surface area contributed by atoms with Gasteiger partial charge in [0.25, 0.3) is 0 Å². The monoisotopic (exact) mass is 325 g/mol. The third-order valence-corrected chi connectivity index (χ3v) is 5.55. The second-order valence-corrected chi connectivity index (χ2v) is 6.95. The Labute approximate surface area is 142 Å². The number of ether oxygens (including phenoxy) is 1.